The van der Waals surface area contributed by atoms with Crippen LogP contribution in [-0.2, 0) is 4.79 Å². The monoisotopic (exact) mass is 408 g/mol. The lowest BCUT2D eigenvalue weighted by Crippen LogP contribution is -2.41. The van der Waals surface area contributed by atoms with Crippen molar-refractivity contribution in [1.29, 1.82) is 0 Å². The molecule has 0 aromatic rings. The van der Waals surface area contributed by atoms with Crippen LogP contribution in [0.1, 0.15) is 45.4 Å². The van der Waals surface area contributed by atoms with E-state index < -0.39 is 11.7 Å². The minimum atomic E-state index is -4.30. The Balaban J connectivity index is 1.50. The maximum Gasteiger partial charge on any atom is 0.416 e. The molecular formula is C23H31F3N2O. The molecule has 0 bridgehead atoms. The Labute approximate surface area is 171 Å². The summed E-state index contributed by atoms with van der Waals surface area (Å²) in [6.45, 7) is 6.42. The van der Waals surface area contributed by atoms with E-state index in [-0.39, 0.29) is 11.8 Å². The van der Waals surface area contributed by atoms with Gasteiger partial charge in [0.15, 0.2) is 0 Å². The van der Waals surface area contributed by atoms with E-state index >= 15 is 0 Å². The molecular weight excluding hydrogens is 377 g/mol. The first-order chi connectivity index (χ1) is 13.9. The van der Waals surface area contributed by atoms with Crippen LogP contribution in [0.2, 0.25) is 0 Å². The smallest absolute Gasteiger partial charge is 0.339 e. The standard InChI is InChI=1S/C23H31F3N2O/c1-2-3-13-27-14-9-20(10-15-27)22(29)28-16-11-19(12-17-28)18-5-4-6-21(8-7-18)23(24,25)26/h5-9,19H,2-4,10-17H2,1H3. The quantitative estimate of drug-likeness (QED) is 0.637. The van der Waals surface area contributed by atoms with E-state index in [1.165, 1.54) is 25.0 Å². The summed E-state index contributed by atoms with van der Waals surface area (Å²) >= 11 is 0. The number of likely N-dealkylation sites (tertiary alicyclic amines) is 1. The summed E-state index contributed by atoms with van der Waals surface area (Å²) in [6, 6.07) is 0. The fourth-order valence-corrected chi connectivity index (χ4v) is 4.27. The topological polar surface area (TPSA) is 23.6 Å². The van der Waals surface area contributed by atoms with Crippen LogP contribution < -0.4 is 0 Å². The molecule has 0 spiro atoms. The second kappa shape index (κ2) is 9.79. The molecule has 0 aromatic heterocycles. The van der Waals surface area contributed by atoms with Crippen molar-refractivity contribution >= 4 is 5.91 Å². The summed E-state index contributed by atoms with van der Waals surface area (Å²) in [5.74, 6) is 0.367. The molecule has 0 saturated carbocycles. The third-order valence-electron chi connectivity index (χ3n) is 6.12. The first-order valence-electron chi connectivity index (χ1n) is 10.7. The Kier molecular flexibility index (Phi) is 7.38. The number of amides is 1. The van der Waals surface area contributed by atoms with Gasteiger partial charge in [-0.25, -0.2) is 0 Å². The highest BCUT2D eigenvalue weighted by molar-refractivity contribution is 5.93. The van der Waals surface area contributed by atoms with Crippen molar-refractivity contribution < 1.29 is 18.0 Å². The lowest BCUT2D eigenvalue weighted by Gasteiger charge is -2.34. The van der Waals surface area contributed by atoms with Crippen LogP contribution in [0.5, 0.6) is 0 Å². The highest BCUT2D eigenvalue weighted by Gasteiger charge is 2.32. The fraction of sp³-hybridized carbons (Fsp3) is 0.609. The maximum absolute atomic E-state index is 12.9. The zero-order valence-corrected chi connectivity index (χ0v) is 17.2. The predicted molar refractivity (Wildman–Crippen MR) is 109 cm³/mol. The Hall–Kier alpha value is -1.82. The SMILES string of the molecule is CCCCN1CC=C(C(=O)N2CCC(C3=CCC=C(C(F)(F)F)C=C3)CC2)CC1. The van der Waals surface area contributed by atoms with Crippen molar-refractivity contribution in [1.82, 2.24) is 9.80 Å². The van der Waals surface area contributed by atoms with E-state index in [1.807, 2.05) is 11.0 Å². The van der Waals surface area contributed by atoms with Crippen LogP contribution in [0.4, 0.5) is 13.2 Å². The van der Waals surface area contributed by atoms with E-state index in [4.69, 9.17) is 0 Å². The molecule has 2 aliphatic heterocycles. The Morgan fingerprint density at radius 3 is 2.48 bits per heavy atom. The molecule has 3 nitrogen and oxygen atoms in total. The molecule has 29 heavy (non-hydrogen) atoms. The van der Waals surface area contributed by atoms with Crippen LogP contribution in [0, 0.1) is 5.92 Å². The number of allylic oxidation sites excluding steroid dienone is 6. The lowest BCUT2D eigenvalue weighted by molar-refractivity contribution is -0.128. The van der Waals surface area contributed by atoms with Crippen molar-refractivity contribution in [2.75, 3.05) is 32.7 Å². The van der Waals surface area contributed by atoms with Gasteiger partial charge in [0.1, 0.15) is 0 Å². The zero-order valence-electron chi connectivity index (χ0n) is 17.2. The van der Waals surface area contributed by atoms with Gasteiger partial charge in [0.2, 0.25) is 5.91 Å². The van der Waals surface area contributed by atoms with Gasteiger partial charge in [-0.1, -0.05) is 43.7 Å². The van der Waals surface area contributed by atoms with Gasteiger partial charge in [-0.05, 0) is 50.1 Å². The van der Waals surface area contributed by atoms with Crippen molar-refractivity contribution in [3.05, 3.63) is 47.1 Å². The summed E-state index contributed by atoms with van der Waals surface area (Å²) in [4.78, 5) is 17.2. The minimum Gasteiger partial charge on any atom is -0.339 e. The Morgan fingerprint density at radius 1 is 1.10 bits per heavy atom. The first kappa shape index (κ1) is 21.9. The summed E-state index contributed by atoms with van der Waals surface area (Å²) in [5, 5.41) is 0. The molecule has 0 N–H and O–H groups in total. The molecule has 3 aliphatic rings. The molecule has 0 atom stereocenters. The predicted octanol–water partition coefficient (Wildman–Crippen LogP) is 5.03. The second-order valence-corrected chi connectivity index (χ2v) is 8.13. The number of halogens is 3. The molecule has 1 aliphatic carbocycles. The molecule has 2 heterocycles. The highest BCUT2D eigenvalue weighted by Crippen LogP contribution is 2.32. The number of unbranched alkanes of at least 4 members (excludes halogenated alkanes) is 1. The number of nitrogens with zero attached hydrogens (tertiary/aromatic N) is 2. The molecule has 160 valence electrons. The van der Waals surface area contributed by atoms with Gasteiger partial charge < -0.3 is 4.90 Å². The molecule has 1 saturated heterocycles. The van der Waals surface area contributed by atoms with E-state index in [1.54, 1.807) is 6.08 Å². The van der Waals surface area contributed by atoms with Gasteiger partial charge in [-0.15, -0.1) is 0 Å². The second-order valence-electron chi connectivity index (χ2n) is 8.13. The van der Waals surface area contributed by atoms with Crippen LogP contribution in [-0.4, -0.2) is 54.6 Å². The average molecular weight is 409 g/mol. The van der Waals surface area contributed by atoms with Gasteiger partial charge in [0, 0.05) is 31.8 Å². The van der Waals surface area contributed by atoms with E-state index in [0.717, 1.165) is 50.0 Å². The largest absolute Gasteiger partial charge is 0.416 e. The maximum atomic E-state index is 12.9. The van der Waals surface area contributed by atoms with Crippen LogP contribution in [0.15, 0.2) is 47.1 Å². The van der Waals surface area contributed by atoms with Gasteiger partial charge in [-0.3, -0.25) is 9.69 Å². The van der Waals surface area contributed by atoms with E-state index in [9.17, 15) is 18.0 Å². The van der Waals surface area contributed by atoms with Gasteiger partial charge in [0.05, 0.1) is 5.57 Å². The Morgan fingerprint density at radius 2 is 1.86 bits per heavy atom. The molecule has 3 rings (SSSR count). The van der Waals surface area contributed by atoms with E-state index in [0.29, 0.717) is 19.5 Å². The van der Waals surface area contributed by atoms with Gasteiger partial charge in [-0.2, -0.15) is 13.2 Å². The summed E-state index contributed by atoms with van der Waals surface area (Å²) in [5.41, 5.74) is 1.31. The number of carbonyl (C=O) groups excluding carboxylic acids is 1. The first-order valence-corrected chi connectivity index (χ1v) is 10.7. The van der Waals surface area contributed by atoms with E-state index in [2.05, 4.69) is 17.9 Å². The number of rotatable bonds is 5. The van der Waals surface area contributed by atoms with Crippen molar-refractivity contribution in [2.45, 2.75) is 51.6 Å². The molecule has 0 radical (unpaired) electrons. The van der Waals surface area contributed by atoms with Crippen molar-refractivity contribution in [3.8, 4) is 0 Å². The fourth-order valence-electron chi connectivity index (χ4n) is 4.27. The van der Waals surface area contributed by atoms with Crippen molar-refractivity contribution in [3.63, 3.8) is 0 Å². The van der Waals surface area contributed by atoms with Crippen LogP contribution >= 0.6 is 0 Å². The number of hydrogen-bond acceptors (Lipinski definition) is 2. The Bertz CT molecular complexity index is 710. The highest BCUT2D eigenvalue weighted by atomic mass is 19.4. The third-order valence-corrected chi connectivity index (χ3v) is 6.12. The number of piperidine rings is 1. The van der Waals surface area contributed by atoms with Gasteiger partial charge >= 0.3 is 6.18 Å². The number of carbonyl (C=O) groups is 1. The number of hydrogen-bond donors (Lipinski definition) is 0. The van der Waals surface area contributed by atoms with Crippen molar-refractivity contribution in [2.24, 2.45) is 5.92 Å². The summed E-state index contributed by atoms with van der Waals surface area (Å²) in [6.07, 6.45) is 8.81. The van der Waals surface area contributed by atoms with Gasteiger partial charge in [0.25, 0.3) is 0 Å². The minimum absolute atomic E-state index is 0.144. The molecule has 0 aromatic carbocycles. The van der Waals surface area contributed by atoms with Crippen LogP contribution in [0.25, 0.3) is 0 Å². The third kappa shape index (κ3) is 5.84. The molecule has 1 fully saturated rings. The number of alkyl halides is 3. The molecule has 0 unspecified atom stereocenters. The lowest BCUT2D eigenvalue weighted by atomic mass is 9.88. The molecule has 6 heteroatoms. The van der Waals surface area contributed by atoms with Crippen LogP contribution in [0.3, 0.4) is 0 Å². The average Bonchev–Trinajstić information content (AvgIpc) is 2.99. The normalized spacial score (nSPS) is 22.1. The summed E-state index contributed by atoms with van der Waals surface area (Å²) < 4.78 is 38.7. The summed E-state index contributed by atoms with van der Waals surface area (Å²) in [7, 11) is 0. The molecule has 1 amide bonds. The zero-order chi connectivity index (χ0) is 20.9.